The predicted octanol–water partition coefficient (Wildman–Crippen LogP) is 1.98. The molecule has 0 fully saturated rings. The number of carboxylic acids is 1. The van der Waals surface area contributed by atoms with Crippen LogP contribution in [0.15, 0.2) is 60.9 Å². The van der Waals surface area contributed by atoms with Crippen molar-refractivity contribution in [1.82, 2.24) is 25.9 Å². The van der Waals surface area contributed by atoms with Crippen molar-refractivity contribution in [2.24, 2.45) is 11.7 Å². The zero-order valence-corrected chi connectivity index (χ0v) is 23.2. The molecule has 4 aromatic rings. The number of amides is 3. The maximum Gasteiger partial charge on any atom is 0.325 e. The SMILES string of the molecule is CC(NC(=O)C(Cc1c[nH]c2ccccc12)NC(=O)C(Cc1c[nH]c2ccccc12)NC(=O)C(N)C(C)C)C(=O)O. The highest BCUT2D eigenvalue weighted by Gasteiger charge is 2.31. The monoisotopic (exact) mass is 560 g/mol. The summed E-state index contributed by atoms with van der Waals surface area (Å²) in [5.41, 5.74) is 9.38. The fourth-order valence-electron chi connectivity index (χ4n) is 4.68. The molecule has 11 heteroatoms. The average Bonchev–Trinajstić information content (AvgIpc) is 3.55. The van der Waals surface area contributed by atoms with Crippen molar-refractivity contribution >= 4 is 45.5 Å². The first-order chi connectivity index (χ1) is 19.5. The van der Waals surface area contributed by atoms with Gasteiger partial charge in [-0.1, -0.05) is 50.2 Å². The number of para-hydroxylation sites is 2. The molecule has 0 aliphatic carbocycles. The third kappa shape index (κ3) is 6.93. The van der Waals surface area contributed by atoms with E-state index in [0.717, 1.165) is 32.9 Å². The minimum absolute atomic E-state index is 0.0905. The normalized spacial score (nSPS) is 14.4. The largest absolute Gasteiger partial charge is 0.480 e. The number of rotatable bonds is 12. The molecule has 0 aliphatic heterocycles. The van der Waals surface area contributed by atoms with Crippen LogP contribution >= 0.6 is 0 Å². The molecule has 0 bridgehead atoms. The maximum absolute atomic E-state index is 13.8. The van der Waals surface area contributed by atoms with Crippen molar-refractivity contribution in [3.63, 3.8) is 0 Å². The topological polar surface area (TPSA) is 182 Å². The maximum atomic E-state index is 13.8. The summed E-state index contributed by atoms with van der Waals surface area (Å²) in [5.74, 6) is -3.11. The number of fused-ring (bicyclic) bond motifs is 2. The highest BCUT2D eigenvalue weighted by atomic mass is 16.4. The van der Waals surface area contributed by atoms with Gasteiger partial charge in [-0.25, -0.2) is 0 Å². The first kappa shape index (κ1) is 29.3. The molecule has 216 valence electrons. The smallest absolute Gasteiger partial charge is 0.325 e. The average molecular weight is 561 g/mol. The minimum atomic E-state index is -1.21. The lowest BCUT2D eigenvalue weighted by Crippen LogP contribution is -2.58. The van der Waals surface area contributed by atoms with Crippen LogP contribution in [-0.4, -0.2) is 62.9 Å². The number of H-pyrrole nitrogens is 2. The number of hydrogen-bond acceptors (Lipinski definition) is 5. The molecule has 2 heterocycles. The van der Waals surface area contributed by atoms with Crippen LogP contribution in [-0.2, 0) is 32.0 Å². The molecule has 41 heavy (non-hydrogen) atoms. The Balaban J connectivity index is 1.63. The number of carboxylic acid groups (broad SMARTS) is 1. The van der Waals surface area contributed by atoms with Gasteiger partial charge < -0.3 is 36.8 Å². The van der Waals surface area contributed by atoms with Crippen LogP contribution in [0, 0.1) is 5.92 Å². The lowest BCUT2D eigenvalue weighted by atomic mass is 10.00. The van der Waals surface area contributed by atoms with E-state index in [1.54, 1.807) is 12.4 Å². The Morgan fingerprint density at radius 2 is 1.17 bits per heavy atom. The number of aromatic nitrogens is 2. The van der Waals surface area contributed by atoms with Gasteiger partial charge in [0.05, 0.1) is 6.04 Å². The minimum Gasteiger partial charge on any atom is -0.480 e. The van der Waals surface area contributed by atoms with Gasteiger partial charge in [-0.05, 0) is 36.1 Å². The van der Waals surface area contributed by atoms with Crippen molar-refractivity contribution in [3.8, 4) is 0 Å². The second kappa shape index (κ2) is 12.7. The van der Waals surface area contributed by atoms with Crippen LogP contribution in [0.25, 0.3) is 21.8 Å². The molecule has 0 saturated carbocycles. The molecule has 0 spiro atoms. The van der Waals surface area contributed by atoms with Crippen LogP contribution in [0.5, 0.6) is 0 Å². The van der Waals surface area contributed by atoms with Gasteiger partial charge in [0.25, 0.3) is 0 Å². The first-order valence-electron chi connectivity index (χ1n) is 13.5. The van der Waals surface area contributed by atoms with Crippen LogP contribution in [0.4, 0.5) is 0 Å². The second-order valence-electron chi connectivity index (χ2n) is 10.6. The first-order valence-corrected chi connectivity index (χ1v) is 13.5. The quantitative estimate of drug-likeness (QED) is 0.139. The van der Waals surface area contributed by atoms with Crippen molar-refractivity contribution in [2.45, 2.75) is 57.8 Å². The Hall–Kier alpha value is -4.64. The molecule has 8 N–H and O–H groups in total. The van der Waals surface area contributed by atoms with E-state index in [4.69, 9.17) is 5.73 Å². The van der Waals surface area contributed by atoms with E-state index >= 15 is 0 Å². The molecule has 3 amide bonds. The van der Waals surface area contributed by atoms with E-state index in [2.05, 4.69) is 25.9 Å². The fraction of sp³-hybridized carbons (Fsp3) is 0.333. The van der Waals surface area contributed by atoms with Gasteiger partial charge >= 0.3 is 5.97 Å². The van der Waals surface area contributed by atoms with E-state index in [1.807, 2.05) is 62.4 Å². The molecule has 4 rings (SSSR count). The van der Waals surface area contributed by atoms with Gasteiger partial charge in [0.15, 0.2) is 0 Å². The molecule has 4 unspecified atom stereocenters. The molecule has 0 radical (unpaired) electrons. The predicted molar refractivity (Wildman–Crippen MR) is 156 cm³/mol. The summed E-state index contributed by atoms with van der Waals surface area (Å²) in [6.07, 6.45) is 3.77. The number of carbonyl (C=O) groups is 4. The summed E-state index contributed by atoms with van der Waals surface area (Å²) >= 11 is 0. The van der Waals surface area contributed by atoms with E-state index in [9.17, 15) is 24.3 Å². The molecular formula is C30H36N6O5. The van der Waals surface area contributed by atoms with Gasteiger partial charge in [0.1, 0.15) is 18.1 Å². The van der Waals surface area contributed by atoms with Gasteiger partial charge in [0.2, 0.25) is 17.7 Å². The Labute approximate surface area is 237 Å². The molecule has 2 aromatic heterocycles. The van der Waals surface area contributed by atoms with Crippen LogP contribution in [0.3, 0.4) is 0 Å². The number of hydrogen-bond donors (Lipinski definition) is 7. The van der Waals surface area contributed by atoms with E-state index in [-0.39, 0.29) is 18.8 Å². The van der Waals surface area contributed by atoms with Crippen LogP contribution in [0.1, 0.15) is 31.9 Å². The summed E-state index contributed by atoms with van der Waals surface area (Å²) in [4.78, 5) is 57.8. The summed E-state index contributed by atoms with van der Waals surface area (Å²) < 4.78 is 0. The van der Waals surface area contributed by atoms with Gasteiger partial charge in [-0.15, -0.1) is 0 Å². The number of benzene rings is 2. The molecule has 4 atom stereocenters. The number of aliphatic carboxylic acids is 1. The van der Waals surface area contributed by atoms with Crippen molar-refractivity contribution in [3.05, 3.63) is 72.1 Å². The summed E-state index contributed by atoms with van der Waals surface area (Å²) in [6.45, 7) is 4.96. The Morgan fingerprint density at radius 3 is 1.63 bits per heavy atom. The molecule has 0 aliphatic rings. The lowest BCUT2D eigenvalue weighted by Gasteiger charge is -2.25. The highest BCUT2D eigenvalue weighted by Crippen LogP contribution is 2.21. The molecule has 2 aromatic carbocycles. The fourth-order valence-corrected chi connectivity index (χ4v) is 4.68. The number of nitrogens with two attached hydrogens (primary N) is 1. The zero-order valence-electron chi connectivity index (χ0n) is 23.2. The Bertz CT molecular complexity index is 1560. The van der Waals surface area contributed by atoms with Crippen molar-refractivity contribution in [1.29, 1.82) is 0 Å². The van der Waals surface area contributed by atoms with Crippen molar-refractivity contribution < 1.29 is 24.3 Å². The summed E-state index contributed by atoms with van der Waals surface area (Å²) in [6, 6.07) is 10.9. The van der Waals surface area contributed by atoms with Gasteiger partial charge in [-0.3, -0.25) is 19.2 Å². The van der Waals surface area contributed by atoms with E-state index < -0.39 is 47.9 Å². The molecule has 0 saturated heterocycles. The Morgan fingerprint density at radius 1 is 0.732 bits per heavy atom. The summed E-state index contributed by atoms with van der Waals surface area (Å²) in [5, 5.41) is 19.1. The summed E-state index contributed by atoms with van der Waals surface area (Å²) in [7, 11) is 0. The van der Waals surface area contributed by atoms with E-state index in [1.165, 1.54) is 6.92 Å². The van der Waals surface area contributed by atoms with Gasteiger partial charge in [0, 0.05) is 47.0 Å². The molecular weight excluding hydrogens is 524 g/mol. The van der Waals surface area contributed by atoms with Gasteiger partial charge in [-0.2, -0.15) is 0 Å². The van der Waals surface area contributed by atoms with Crippen molar-refractivity contribution in [2.75, 3.05) is 0 Å². The highest BCUT2D eigenvalue weighted by molar-refractivity contribution is 5.95. The Kier molecular flexibility index (Phi) is 9.08. The lowest BCUT2D eigenvalue weighted by molar-refractivity contribution is -0.141. The standard InChI is InChI=1S/C30H36N6O5/c1-16(2)26(31)29(39)36-25(13-19-15-33-23-11-7-5-9-21(19)23)28(38)35-24(27(37)34-17(3)30(40)41)12-18-14-32-22-10-6-4-8-20(18)22/h4-11,14-17,24-26,32-33H,12-13,31H2,1-3H3,(H,34,37)(H,35,38)(H,36,39)(H,40,41). The number of nitrogens with one attached hydrogen (secondary N) is 5. The number of aromatic amines is 2. The zero-order chi connectivity index (χ0) is 29.7. The third-order valence-electron chi connectivity index (χ3n) is 7.21. The second-order valence-corrected chi connectivity index (χ2v) is 10.6. The van der Waals surface area contributed by atoms with Crippen LogP contribution < -0.4 is 21.7 Å². The van der Waals surface area contributed by atoms with E-state index in [0.29, 0.717) is 0 Å². The number of carbonyl (C=O) groups excluding carboxylic acids is 3. The third-order valence-corrected chi connectivity index (χ3v) is 7.21. The van der Waals surface area contributed by atoms with Crippen LogP contribution in [0.2, 0.25) is 0 Å². The molecule has 11 nitrogen and oxygen atoms in total.